The number of benzene rings is 2. The lowest BCUT2D eigenvalue weighted by molar-refractivity contribution is -0.119. The van der Waals surface area contributed by atoms with E-state index in [4.69, 9.17) is 4.74 Å². The third-order valence-corrected chi connectivity index (χ3v) is 4.21. The Morgan fingerprint density at radius 1 is 1.07 bits per heavy atom. The second-order valence-corrected chi connectivity index (χ2v) is 8.40. The molecule has 2 rings (SSSR count). The molecule has 0 fully saturated rings. The van der Waals surface area contributed by atoms with Crippen LogP contribution in [0.5, 0.6) is 17.2 Å². The van der Waals surface area contributed by atoms with Crippen molar-refractivity contribution in [1.29, 1.82) is 0 Å². The molecule has 0 aromatic heterocycles. The van der Waals surface area contributed by atoms with Gasteiger partial charge in [-0.2, -0.15) is 0 Å². The zero-order chi connectivity index (χ0) is 22.6. The van der Waals surface area contributed by atoms with Gasteiger partial charge in [0, 0.05) is 22.4 Å². The van der Waals surface area contributed by atoms with Crippen molar-refractivity contribution >= 4 is 21.5 Å². The SMILES string of the molecule is C=S(C)(=O)NC(=O)CCc1cc(C)c(Oc2ccc(O)cc2)c(C)c1.CC.CC. The Kier molecular flexibility index (Phi) is 11.8. The molecular formula is C23H35NO4S. The van der Waals surface area contributed by atoms with Crippen LogP contribution in [0.25, 0.3) is 0 Å². The van der Waals surface area contributed by atoms with E-state index in [0.29, 0.717) is 12.2 Å². The Bertz CT molecular complexity index is 849. The number of ether oxygens (including phenoxy) is 1. The molecular weight excluding hydrogens is 386 g/mol. The highest BCUT2D eigenvalue weighted by Gasteiger charge is 2.10. The highest BCUT2D eigenvalue weighted by atomic mass is 32.2. The molecule has 1 amide bonds. The number of rotatable bonds is 6. The van der Waals surface area contributed by atoms with E-state index >= 15 is 0 Å². The number of phenols is 1. The highest BCUT2D eigenvalue weighted by molar-refractivity contribution is 7.98. The quantitative estimate of drug-likeness (QED) is 0.632. The average Bonchev–Trinajstić information content (AvgIpc) is 2.66. The van der Waals surface area contributed by atoms with E-state index < -0.39 is 9.71 Å². The number of amides is 1. The molecule has 0 aliphatic heterocycles. The van der Waals surface area contributed by atoms with Crippen molar-refractivity contribution in [2.24, 2.45) is 0 Å². The second kappa shape index (κ2) is 12.9. The Balaban J connectivity index is 0.00000184. The first-order chi connectivity index (χ1) is 13.6. The maximum atomic E-state index is 11.8. The topological polar surface area (TPSA) is 75.6 Å². The second-order valence-electron chi connectivity index (χ2n) is 6.18. The highest BCUT2D eigenvalue weighted by Crippen LogP contribution is 2.31. The van der Waals surface area contributed by atoms with Crippen LogP contribution in [0.1, 0.15) is 50.8 Å². The van der Waals surface area contributed by atoms with Gasteiger partial charge in [-0.05, 0) is 67.1 Å². The minimum atomic E-state index is -2.53. The zero-order valence-corrected chi connectivity index (χ0v) is 19.5. The molecule has 0 saturated heterocycles. The minimum Gasteiger partial charge on any atom is -0.508 e. The molecule has 0 heterocycles. The molecule has 1 atom stereocenters. The zero-order valence-electron chi connectivity index (χ0n) is 18.7. The first kappa shape index (κ1) is 26.5. The van der Waals surface area contributed by atoms with E-state index in [2.05, 4.69) is 10.6 Å². The van der Waals surface area contributed by atoms with Crippen LogP contribution in [0.15, 0.2) is 36.4 Å². The summed E-state index contributed by atoms with van der Waals surface area (Å²) in [5.41, 5.74) is 2.93. The first-order valence-corrected chi connectivity index (χ1v) is 12.0. The van der Waals surface area contributed by atoms with Gasteiger partial charge in [0.2, 0.25) is 5.91 Å². The summed E-state index contributed by atoms with van der Waals surface area (Å²) in [6, 6.07) is 10.5. The van der Waals surface area contributed by atoms with Crippen LogP contribution in [0, 0.1) is 13.8 Å². The van der Waals surface area contributed by atoms with Crippen LogP contribution < -0.4 is 9.46 Å². The van der Waals surface area contributed by atoms with Crippen LogP contribution in [0.4, 0.5) is 0 Å². The Morgan fingerprint density at radius 2 is 1.55 bits per heavy atom. The lowest BCUT2D eigenvalue weighted by Gasteiger charge is -2.14. The Morgan fingerprint density at radius 3 is 2.00 bits per heavy atom. The Labute approximate surface area is 176 Å². The summed E-state index contributed by atoms with van der Waals surface area (Å²) in [5, 5.41) is 9.33. The summed E-state index contributed by atoms with van der Waals surface area (Å²) in [6.45, 7) is 11.9. The van der Waals surface area contributed by atoms with Crippen LogP contribution >= 0.6 is 0 Å². The van der Waals surface area contributed by atoms with Gasteiger partial charge in [-0.15, -0.1) is 0 Å². The molecule has 0 radical (unpaired) electrons. The lowest BCUT2D eigenvalue weighted by atomic mass is 10.0. The molecule has 6 heteroatoms. The average molecular weight is 422 g/mol. The number of nitrogens with one attached hydrogen (secondary N) is 1. The van der Waals surface area contributed by atoms with Gasteiger partial charge >= 0.3 is 0 Å². The molecule has 0 bridgehead atoms. The molecule has 2 aromatic carbocycles. The largest absolute Gasteiger partial charge is 0.508 e. The van der Waals surface area contributed by atoms with Crippen LogP contribution in [-0.2, 0) is 20.9 Å². The van der Waals surface area contributed by atoms with Crippen molar-refractivity contribution in [2.75, 3.05) is 6.26 Å². The summed E-state index contributed by atoms with van der Waals surface area (Å²) in [5.74, 6) is 4.73. The number of carbonyl (C=O) groups is 1. The molecule has 0 aliphatic rings. The van der Waals surface area contributed by atoms with Gasteiger partial charge < -0.3 is 9.84 Å². The van der Waals surface area contributed by atoms with E-state index in [9.17, 15) is 14.1 Å². The molecule has 0 spiro atoms. The number of aryl methyl sites for hydroxylation is 3. The maximum Gasteiger partial charge on any atom is 0.231 e. The van der Waals surface area contributed by atoms with Crippen molar-refractivity contribution in [1.82, 2.24) is 4.72 Å². The summed E-state index contributed by atoms with van der Waals surface area (Å²) < 4.78 is 19.8. The van der Waals surface area contributed by atoms with E-state index in [1.165, 1.54) is 6.26 Å². The predicted octanol–water partition coefficient (Wildman–Crippen LogP) is 5.16. The fourth-order valence-corrected chi connectivity index (χ4v) is 3.11. The van der Waals surface area contributed by atoms with Crippen LogP contribution in [0.3, 0.4) is 0 Å². The molecule has 29 heavy (non-hydrogen) atoms. The fourth-order valence-electron chi connectivity index (χ4n) is 2.53. The van der Waals surface area contributed by atoms with Gasteiger partial charge in [0.15, 0.2) is 0 Å². The third-order valence-electron chi connectivity index (χ3n) is 3.55. The van der Waals surface area contributed by atoms with Crippen LogP contribution in [0.2, 0.25) is 0 Å². The van der Waals surface area contributed by atoms with Crippen molar-refractivity contribution < 1.29 is 18.8 Å². The maximum absolute atomic E-state index is 11.8. The fraction of sp³-hybridized carbons (Fsp3) is 0.391. The van der Waals surface area contributed by atoms with E-state index in [1.54, 1.807) is 24.3 Å². The molecule has 2 N–H and O–H groups in total. The summed E-state index contributed by atoms with van der Waals surface area (Å²) in [7, 11) is -2.53. The number of carbonyl (C=O) groups excluding carboxylic acids is 1. The number of hydrogen-bond acceptors (Lipinski definition) is 4. The van der Waals surface area contributed by atoms with E-state index in [0.717, 1.165) is 22.4 Å². The molecule has 2 aromatic rings. The number of phenolic OH excluding ortho intramolecular Hbond substituents is 1. The molecule has 1 unspecified atom stereocenters. The van der Waals surface area contributed by atoms with Crippen molar-refractivity contribution in [3.63, 3.8) is 0 Å². The van der Waals surface area contributed by atoms with Gasteiger partial charge in [0.1, 0.15) is 17.2 Å². The summed E-state index contributed by atoms with van der Waals surface area (Å²) in [4.78, 5) is 11.8. The van der Waals surface area contributed by atoms with Gasteiger partial charge in [-0.3, -0.25) is 9.52 Å². The first-order valence-electron chi connectivity index (χ1n) is 9.84. The predicted molar refractivity (Wildman–Crippen MR) is 124 cm³/mol. The minimum absolute atomic E-state index is 0.188. The third kappa shape index (κ3) is 10.0. The smallest absolute Gasteiger partial charge is 0.231 e. The summed E-state index contributed by atoms with van der Waals surface area (Å²) in [6.07, 6.45) is 2.19. The molecule has 5 nitrogen and oxygen atoms in total. The van der Waals surface area contributed by atoms with E-state index in [1.807, 2.05) is 53.7 Å². The standard InChI is InChI=1S/C19H23NO4S.2C2H6/c1-13-11-15(5-10-18(22)20-25(3,4)23)12-14(2)19(13)24-17-8-6-16(21)7-9-17;2*1-2/h6-9,11-12,21H,3,5,10H2,1-2,4H3,(H,20,22,23);2*1-2H3. The monoisotopic (exact) mass is 421 g/mol. The van der Waals surface area contributed by atoms with Gasteiger partial charge in [-0.25, -0.2) is 4.21 Å². The van der Waals surface area contributed by atoms with Gasteiger partial charge in [-0.1, -0.05) is 39.8 Å². The van der Waals surface area contributed by atoms with Crippen molar-refractivity contribution in [3.8, 4) is 17.2 Å². The number of hydrogen-bond donors (Lipinski definition) is 2. The normalized spacial score (nSPS) is 11.7. The lowest BCUT2D eigenvalue weighted by Crippen LogP contribution is -2.29. The summed E-state index contributed by atoms with van der Waals surface area (Å²) >= 11 is 0. The Hall–Kier alpha value is -2.47. The molecule has 162 valence electrons. The van der Waals surface area contributed by atoms with Gasteiger partial charge in [0.05, 0.1) is 0 Å². The number of aromatic hydroxyl groups is 1. The van der Waals surface area contributed by atoms with Gasteiger partial charge in [0.25, 0.3) is 0 Å². The van der Waals surface area contributed by atoms with Crippen molar-refractivity contribution in [3.05, 3.63) is 53.1 Å². The molecule has 0 saturated carbocycles. The van der Waals surface area contributed by atoms with Crippen LogP contribution in [-0.4, -0.2) is 27.3 Å². The molecule has 0 aliphatic carbocycles. The van der Waals surface area contributed by atoms with E-state index in [-0.39, 0.29) is 18.1 Å². The van der Waals surface area contributed by atoms with Crippen molar-refractivity contribution in [2.45, 2.75) is 54.4 Å².